The molecule has 3 heterocycles. The van der Waals surface area contributed by atoms with Crippen molar-refractivity contribution in [2.45, 2.75) is 63.9 Å². The van der Waals surface area contributed by atoms with Gasteiger partial charge in [0.15, 0.2) is 5.82 Å². The first-order valence-electron chi connectivity index (χ1n) is 12.5. The summed E-state index contributed by atoms with van der Waals surface area (Å²) in [5.41, 5.74) is 9.41. The van der Waals surface area contributed by atoms with E-state index < -0.39 is 6.10 Å². The molecular weight excluding hydrogens is 462 g/mol. The quantitative estimate of drug-likeness (QED) is 0.249. The lowest BCUT2D eigenvalue weighted by atomic mass is 10.0. The van der Waals surface area contributed by atoms with Gasteiger partial charge in [-0.15, -0.1) is 0 Å². The smallest absolute Gasteiger partial charge is 0.222 e. The predicted octanol–water partition coefficient (Wildman–Crippen LogP) is 1.67. The Bertz CT molecular complexity index is 1130. The van der Waals surface area contributed by atoms with E-state index in [2.05, 4.69) is 38.7 Å². The van der Waals surface area contributed by atoms with E-state index in [-0.39, 0.29) is 24.6 Å². The van der Waals surface area contributed by atoms with Crippen LogP contribution in [0.3, 0.4) is 0 Å². The van der Waals surface area contributed by atoms with E-state index in [0.29, 0.717) is 44.1 Å². The largest absolute Gasteiger partial charge is 0.496 e. The molecule has 1 aliphatic rings. The predicted molar refractivity (Wildman–Crippen MR) is 138 cm³/mol. The Morgan fingerprint density at radius 3 is 2.92 bits per heavy atom. The summed E-state index contributed by atoms with van der Waals surface area (Å²) in [6.45, 7) is 4.26. The van der Waals surface area contributed by atoms with E-state index in [0.717, 1.165) is 41.7 Å². The molecule has 1 aromatic carbocycles. The summed E-state index contributed by atoms with van der Waals surface area (Å²) in [6.07, 6.45) is 4.43. The molecule has 0 aliphatic carbocycles. The Hall–Kier alpha value is -2.99. The van der Waals surface area contributed by atoms with Crippen LogP contribution in [0, 0.1) is 0 Å². The molecule has 0 spiro atoms. The van der Waals surface area contributed by atoms with Crippen LogP contribution in [-0.4, -0.2) is 75.1 Å². The molecule has 1 fully saturated rings. The summed E-state index contributed by atoms with van der Waals surface area (Å²) in [5.74, 6) is 1.53. The minimum Gasteiger partial charge on any atom is -0.496 e. The highest BCUT2D eigenvalue weighted by Crippen LogP contribution is 2.27. The number of rotatable bonds is 12. The zero-order valence-electron chi connectivity index (χ0n) is 21.0. The Kier molecular flexibility index (Phi) is 8.92. The number of nitrogens with one attached hydrogen (secondary N) is 2. The van der Waals surface area contributed by atoms with Crippen molar-refractivity contribution in [3.63, 3.8) is 0 Å². The lowest BCUT2D eigenvalue weighted by molar-refractivity contribution is -0.0280. The Labute approximate surface area is 211 Å². The molecule has 0 amide bonds. The Morgan fingerprint density at radius 2 is 2.17 bits per heavy atom. The number of anilines is 2. The van der Waals surface area contributed by atoms with Crippen molar-refractivity contribution < 1.29 is 19.7 Å². The number of ether oxygens (including phenoxy) is 2. The third kappa shape index (κ3) is 6.22. The fourth-order valence-corrected chi connectivity index (χ4v) is 4.66. The summed E-state index contributed by atoms with van der Waals surface area (Å²) in [6, 6.07) is 6.12. The van der Waals surface area contributed by atoms with Crippen LogP contribution in [0.1, 0.15) is 43.7 Å². The monoisotopic (exact) mass is 499 g/mol. The Balaban J connectivity index is 1.59. The number of aromatic nitrogens is 4. The second-order valence-electron chi connectivity index (χ2n) is 9.17. The number of aliphatic hydroxyl groups excluding tert-OH is 2. The Morgan fingerprint density at radius 1 is 1.31 bits per heavy atom. The molecule has 6 N–H and O–H groups in total. The number of hydrogen-bond acceptors (Lipinski definition) is 10. The van der Waals surface area contributed by atoms with Gasteiger partial charge in [-0.3, -0.25) is 4.68 Å². The van der Waals surface area contributed by atoms with Crippen molar-refractivity contribution in [2.75, 3.05) is 38.0 Å². The van der Waals surface area contributed by atoms with Gasteiger partial charge in [0.05, 0.1) is 32.6 Å². The van der Waals surface area contributed by atoms with Crippen LogP contribution in [0.4, 0.5) is 11.8 Å². The maximum Gasteiger partial charge on any atom is 0.222 e. The molecule has 0 radical (unpaired) electrons. The summed E-state index contributed by atoms with van der Waals surface area (Å²) in [7, 11) is 1.65. The molecule has 1 unspecified atom stereocenters. The van der Waals surface area contributed by atoms with Crippen LogP contribution < -0.4 is 21.1 Å². The molecule has 4 rings (SSSR count). The molecule has 196 valence electrons. The highest BCUT2D eigenvalue weighted by Gasteiger charge is 2.23. The first-order valence-corrected chi connectivity index (χ1v) is 12.5. The number of nitrogens with zero attached hydrogens (tertiary/aromatic N) is 4. The fraction of sp³-hybridized carbons (Fsp3) is 0.560. The third-order valence-electron chi connectivity index (χ3n) is 6.52. The summed E-state index contributed by atoms with van der Waals surface area (Å²) in [4.78, 5) is 8.83. The summed E-state index contributed by atoms with van der Waals surface area (Å²) < 4.78 is 12.8. The van der Waals surface area contributed by atoms with E-state index in [9.17, 15) is 10.2 Å². The lowest BCUT2D eigenvalue weighted by Crippen LogP contribution is -2.46. The van der Waals surface area contributed by atoms with Gasteiger partial charge in [0.1, 0.15) is 16.8 Å². The molecule has 0 saturated carbocycles. The van der Waals surface area contributed by atoms with Gasteiger partial charge in [0, 0.05) is 37.4 Å². The van der Waals surface area contributed by atoms with Gasteiger partial charge in [-0.2, -0.15) is 10.1 Å². The van der Waals surface area contributed by atoms with Crippen LogP contribution >= 0.6 is 0 Å². The number of methoxy groups -OCH3 is 1. The molecule has 11 nitrogen and oxygen atoms in total. The lowest BCUT2D eigenvalue weighted by Gasteiger charge is -2.28. The van der Waals surface area contributed by atoms with Gasteiger partial charge >= 0.3 is 0 Å². The van der Waals surface area contributed by atoms with Gasteiger partial charge < -0.3 is 36.1 Å². The zero-order valence-corrected chi connectivity index (χ0v) is 21.0. The van der Waals surface area contributed by atoms with Crippen LogP contribution in [0.2, 0.25) is 0 Å². The van der Waals surface area contributed by atoms with Crippen molar-refractivity contribution in [3.05, 3.63) is 35.5 Å². The van der Waals surface area contributed by atoms with E-state index in [1.807, 2.05) is 16.8 Å². The topological polar surface area (TPSA) is 153 Å². The van der Waals surface area contributed by atoms with Crippen molar-refractivity contribution in [2.24, 2.45) is 0 Å². The molecule has 1 saturated heterocycles. The van der Waals surface area contributed by atoms with Crippen molar-refractivity contribution >= 4 is 22.8 Å². The van der Waals surface area contributed by atoms with Gasteiger partial charge in [-0.25, -0.2) is 4.98 Å². The maximum atomic E-state index is 10.2. The highest BCUT2D eigenvalue weighted by atomic mass is 16.5. The SMILES string of the molecule is CCC[C@@H](CCO)Nc1nc(N)nc2cnn(Cc3cc(CNC4CCOC[C@H]4O)ccc3OC)c12. The first kappa shape index (κ1) is 26.1. The summed E-state index contributed by atoms with van der Waals surface area (Å²) >= 11 is 0. The van der Waals surface area contributed by atoms with Gasteiger partial charge in [0.25, 0.3) is 0 Å². The minimum absolute atomic E-state index is 0.00517. The second-order valence-corrected chi connectivity index (χ2v) is 9.17. The van der Waals surface area contributed by atoms with E-state index >= 15 is 0 Å². The number of nitrogens with two attached hydrogens (primary N) is 1. The molecule has 36 heavy (non-hydrogen) atoms. The molecule has 1 aliphatic heterocycles. The number of nitrogen functional groups attached to an aromatic ring is 1. The highest BCUT2D eigenvalue weighted by molar-refractivity contribution is 5.86. The van der Waals surface area contributed by atoms with E-state index in [1.165, 1.54) is 0 Å². The number of aliphatic hydroxyl groups is 2. The van der Waals surface area contributed by atoms with Crippen LogP contribution in [0.5, 0.6) is 5.75 Å². The van der Waals surface area contributed by atoms with Crippen molar-refractivity contribution in [3.8, 4) is 5.75 Å². The third-order valence-corrected chi connectivity index (χ3v) is 6.52. The maximum absolute atomic E-state index is 10.2. The van der Waals surface area contributed by atoms with Gasteiger partial charge in [-0.05, 0) is 37.0 Å². The van der Waals surface area contributed by atoms with Crippen molar-refractivity contribution in [1.29, 1.82) is 0 Å². The van der Waals surface area contributed by atoms with E-state index in [1.54, 1.807) is 13.3 Å². The summed E-state index contributed by atoms with van der Waals surface area (Å²) in [5, 5.41) is 31.1. The standard InChI is InChI=1S/C25H37N7O4/c1-3-4-18(7-9-33)29-24-23-20(30-25(26)31-24)13-28-32(23)14-17-11-16(5-6-22(17)35-2)12-27-19-8-10-36-15-21(19)34/h5-6,11,13,18-19,21,27,33-34H,3-4,7-10,12,14-15H2,1-2H3,(H3,26,29,30,31)/t18-,19?,21+/m0/s1. The molecule has 11 heteroatoms. The average Bonchev–Trinajstić information content (AvgIpc) is 3.26. The first-order chi connectivity index (χ1) is 17.5. The second kappa shape index (κ2) is 12.3. The van der Waals surface area contributed by atoms with Crippen LogP contribution in [0.15, 0.2) is 24.4 Å². The average molecular weight is 500 g/mol. The zero-order chi connectivity index (χ0) is 25.5. The van der Waals surface area contributed by atoms with Crippen molar-refractivity contribution in [1.82, 2.24) is 25.1 Å². The van der Waals surface area contributed by atoms with Gasteiger partial charge in [0.2, 0.25) is 5.95 Å². The molecule has 0 bridgehead atoms. The minimum atomic E-state index is -0.507. The molecule has 2 aromatic heterocycles. The normalized spacial score (nSPS) is 18.9. The van der Waals surface area contributed by atoms with Crippen LogP contribution in [-0.2, 0) is 17.8 Å². The number of hydrogen-bond donors (Lipinski definition) is 5. The fourth-order valence-electron chi connectivity index (χ4n) is 4.66. The molecule has 3 aromatic rings. The van der Waals surface area contributed by atoms with Crippen LogP contribution in [0.25, 0.3) is 11.0 Å². The molecular formula is C25H37N7O4. The molecule has 3 atom stereocenters. The van der Waals surface area contributed by atoms with E-state index in [4.69, 9.17) is 15.2 Å². The number of benzene rings is 1. The number of fused-ring (bicyclic) bond motifs is 1. The van der Waals surface area contributed by atoms with Gasteiger partial charge in [-0.1, -0.05) is 19.4 Å².